The third-order valence-corrected chi connectivity index (χ3v) is 2.56. The van der Waals surface area contributed by atoms with Gasteiger partial charge >= 0.3 is 0 Å². The summed E-state index contributed by atoms with van der Waals surface area (Å²) in [5.41, 5.74) is -0.233. The first kappa shape index (κ1) is 10.5. The van der Waals surface area contributed by atoms with Crippen molar-refractivity contribution in [2.24, 2.45) is 0 Å². The van der Waals surface area contributed by atoms with Gasteiger partial charge in [-0.05, 0) is 12.1 Å². The van der Waals surface area contributed by atoms with Crippen LogP contribution in [0.3, 0.4) is 0 Å². The fourth-order valence-electron chi connectivity index (χ4n) is 1.34. The Labute approximate surface area is 91.6 Å². The van der Waals surface area contributed by atoms with Gasteiger partial charge in [-0.2, -0.15) is 0 Å². The molecule has 0 unspecified atom stereocenters. The number of benzene rings is 1. The molecule has 0 bridgehead atoms. The van der Waals surface area contributed by atoms with E-state index >= 15 is 0 Å². The highest BCUT2D eigenvalue weighted by molar-refractivity contribution is 9.08. The maximum atomic E-state index is 13.5. The fraction of sp³-hybridized carbons (Fsp3) is 0.222. The Balaban J connectivity index is 2.67. The van der Waals surface area contributed by atoms with Crippen molar-refractivity contribution in [3.05, 3.63) is 29.3 Å². The van der Waals surface area contributed by atoms with Crippen molar-refractivity contribution in [2.75, 3.05) is 0 Å². The first-order valence-electron chi connectivity index (χ1n) is 4.14. The number of aromatic amines is 1. The van der Waals surface area contributed by atoms with Crippen LogP contribution in [-0.4, -0.2) is 9.97 Å². The zero-order valence-corrected chi connectivity index (χ0v) is 8.98. The SMILES string of the molecule is Fc1c(C(F)F)ccc2[nH]c(CBr)nc12. The number of rotatable bonds is 2. The van der Waals surface area contributed by atoms with Crippen LogP contribution < -0.4 is 0 Å². The second-order valence-electron chi connectivity index (χ2n) is 2.98. The molecule has 0 aliphatic rings. The predicted octanol–water partition coefficient (Wildman–Crippen LogP) is 3.53. The summed E-state index contributed by atoms with van der Waals surface area (Å²) in [6, 6.07) is 2.47. The molecule has 2 aromatic rings. The van der Waals surface area contributed by atoms with Gasteiger partial charge in [-0.3, -0.25) is 0 Å². The highest BCUT2D eigenvalue weighted by atomic mass is 79.9. The second kappa shape index (κ2) is 3.84. The van der Waals surface area contributed by atoms with E-state index in [1.54, 1.807) is 0 Å². The molecule has 0 aliphatic heterocycles. The molecule has 0 saturated carbocycles. The predicted molar refractivity (Wildman–Crippen MR) is 53.6 cm³/mol. The van der Waals surface area contributed by atoms with Crippen LogP contribution in [0.1, 0.15) is 17.8 Å². The topological polar surface area (TPSA) is 28.7 Å². The average molecular weight is 279 g/mol. The molecular formula is C9H6BrF3N2. The molecule has 1 heterocycles. The van der Waals surface area contributed by atoms with E-state index in [2.05, 4.69) is 25.9 Å². The van der Waals surface area contributed by atoms with Crippen LogP contribution in [0.15, 0.2) is 12.1 Å². The van der Waals surface area contributed by atoms with Crippen LogP contribution in [0.2, 0.25) is 0 Å². The largest absolute Gasteiger partial charge is 0.341 e. The Hall–Kier alpha value is -1.04. The minimum atomic E-state index is -2.82. The molecule has 1 aromatic carbocycles. The summed E-state index contributed by atoms with van der Waals surface area (Å²) in [7, 11) is 0. The van der Waals surface area contributed by atoms with Crippen LogP contribution in [0.25, 0.3) is 11.0 Å². The summed E-state index contributed by atoms with van der Waals surface area (Å²) < 4.78 is 38.2. The summed E-state index contributed by atoms with van der Waals surface area (Å²) in [5, 5.41) is 0.422. The highest BCUT2D eigenvalue weighted by Crippen LogP contribution is 2.27. The molecule has 80 valence electrons. The van der Waals surface area contributed by atoms with Crippen LogP contribution >= 0.6 is 15.9 Å². The van der Waals surface area contributed by atoms with Crippen molar-refractivity contribution in [1.29, 1.82) is 0 Å². The molecule has 2 rings (SSSR count). The third kappa shape index (κ3) is 1.73. The van der Waals surface area contributed by atoms with E-state index in [0.29, 0.717) is 16.7 Å². The van der Waals surface area contributed by atoms with Gasteiger partial charge in [0, 0.05) is 0 Å². The van der Waals surface area contributed by atoms with Crippen molar-refractivity contribution < 1.29 is 13.2 Å². The number of nitrogens with one attached hydrogen (secondary N) is 1. The van der Waals surface area contributed by atoms with Gasteiger partial charge in [0.15, 0.2) is 5.82 Å². The molecule has 2 nitrogen and oxygen atoms in total. The average Bonchev–Trinajstić information content (AvgIpc) is 2.61. The molecule has 0 fully saturated rings. The number of nitrogens with zero attached hydrogens (tertiary/aromatic N) is 1. The minimum Gasteiger partial charge on any atom is -0.341 e. The van der Waals surface area contributed by atoms with Gasteiger partial charge in [0.1, 0.15) is 11.3 Å². The maximum Gasteiger partial charge on any atom is 0.266 e. The summed E-state index contributed by atoms with van der Waals surface area (Å²) >= 11 is 3.14. The van der Waals surface area contributed by atoms with Crippen molar-refractivity contribution >= 4 is 27.0 Å². The van der Waals surface area contributed by atoms with Gasteiger partial charge in [-0.15, -0.1) is 0 Å². The minimum absolute atomic E-state index is 0.0396. The van der Waals surface area contributed by atoms with Gasteiger partial charge in [0.2, 0.25) is 0 Å². The molecule has 1 aromatic heterocycles. The second-order valence-corrected chi connectivity index (χ2v) is 3.54. The quantitative estimate of drug-likeness (QED) is 0.837. The molecule has 0 saturated heterocycles. The van der Waals surface area contributed by atoms with Gasteiger partial charge in [0.25, 0.3) is 6.43 Å². The first-order chi connectivity index (χ1) is 7.13. The summed E-state index contributed by atoms with van der Waals surface area (Å²) in [4.78, 5) is 6.67. The number of fused-ring (bicyclic) bond motifs is 1. The third-order valence-electron chi connectivity index (χ3n) is 2.03. The van der Waals surface area contributed by atoms with Gasteiger partial charge < -0.3 is 4.98 Å². The number of hydrogen-bond acceptors (Lipinski definition) is 1. The Morgan fingerprint density at radius 2 is 2.13 bits per heavy atom. The maximum absolute atomic E-state index is 13.5. The lowest BCUT2D eigenvalue weighted by molar-refractivity contribution is 0.146. The van der Waals surface area contributed by atoms with Crippen molar-refractivity contribution in [3.8, 4) is 0 Å². The molecule has 0 amide bonds. The normalized spacial score (nSPS) is 11.5. The van der Waals surface area contributed by atoms with E-state index < -0.39 is 17.8 Å². The Morgan fingerprint density at radius 3 is 2.73 bits per heavy atom. The van der Waals surface area contributed by atoms with Crippen molar-refractivity contribution in [2.45, 2.75) is 11.8 Å². The van der Waals surface area contributed by atoms with E-state index in [9.17, 15) is 13.2 Å². The van der Waals surface area contributed by atoms with Crippen LogP contribution in [0, 0.1) is 5.82 Å². The lowest BCUT2D eigenvalue weighted by Crippen LogP contribution is -1.91. The molecule has 0 atom stereocenters. The Bertz CT molecular complexity index is 495. The standard InChI is InChI=1S/C9H6BrF3N2/c10-3-6-14-5-2-1-4(9(12)13)7(11)8(5)15-6/h1-2,9H,3H2,(H,14,15). The van der Waals surface area contributed by atoms with E-state index in [1.165, 1.54) is 6.07 Å². The summed E-state index contributed by atoms with van der Waals surface area (Å²) in [6.45, 7) is 0. The van der Waals surface area contributed by atoms with Crippen molar-refractivity contribution in [1.82, 2.24) is 9.97 Å². The molecule has 15 heavy (non-hydrogen) atoms. The Kier molecular flexibility index (Phi) is 2.68. The number of halogens is 4. The fourth-order valence-corrected chi connectivity index (χ4v) is 1.61. The van der Waals surface area contributed by atoms with Crippen molar-refractivity contribution in [3.63, 3.8) is 0 Å². The van der Waals surface area contributed by atoms with E-state index in [-0.39, 0.29) is 5.52 Å². The first-order valence-corrected chi connectivity index (χ1v) is 5.26. The zero-order valence-electron chi connectivity index (χ0n) is 7.40. The number of alkyl halides is 3. The molecule has 0 spiro atoms. The van der Waals surface area contributed by atoms with E-state index in [4.69, 9.17) is 0 Å². The van der Waals surface area contributed by atoms with Crippen LogP contribution in [-0.2, 0) is 5.33 Å². The number of aromatic nitrogens is 2. The highest BCUT2D eigenvalue weighted by Gasteiger charge is 2.17. The van der Waals surface area contributed by atoms with Crippen LogP contribution in [0.4, 0.5) is 13.2 Å². The van der Waals surface area contributed by atoms with Gasteiger partial charge in [0.05, 0.1) is 16.4 Å². The molecular weight excluding hydrogens is 273 g/mol. The van der Waals surface area contributed by atoms with E-state index in [0.717, 1.165) is 6.07 Å². The molecule has 6 heteroatoms. The smallest absolute Gasteiger partial charge is 0.266 e. The molecule has 0 aliphatic carbocycles. The summed E-state index contributed by atoms with van der Waals surface area (Å²) in [6.07, 6.45) is -2.82. The summed E-state index contributed by atoms with van der Waals surface area (Å²) in [5.74, 6) is -0.443. The zero-order chi connectivity index (χ0) is 11.0. The monoisotopic (exact) mass is 278 g/mol. The number of hydrogen-bond donors (Lipinski definition) is 1. The lowest BCUT2D eigenvalue weighted by atomic mass is 10.2. The van der Waals surface area contributed by atoms with E-state index in [1.807, 2.05) is 0 Å². The van der Waals surface area contributed by atoms with Gasteiger partial charge in [-0.25, -0.2) is 18.2 Å². The van der Waals surface area contributed by atoms with Gasteiger partial charge in [-0.1, -0.05) is 15.9 Å². The molecule has 1 N–H and O–H groups in total. The molecule has 0 radical (unpaired) electrons. The van der Waals surface area contributed by atoms with Crippen LogP contribution in [0.5, 0.6) is 0 Å². The number of H-pyrrole nitrogens is 1. The lowest BCUT2D eigenvalue weighted by Gasteiger charge is -2.00. The number of imidazole rings is 1. The Morgan fingerprint density at radius 1 is 1.40 bits per heavy atom.